The Morgan fingerprint density at radius 3 is 2.20 bits per heavy atom. The highest BCUT2D eigenvalue weighted by atomic mass is 19.4. The van der Waals surface area contributed by atoms with Crippen molar-refractivity contribution >= 4 is 5.69 Å². The molecule has 0 radical (unpaired) electrons. The minimum Gasteiger partial charge on any atom is -0.374 e. The maximum absolute atomic E-state index is 12.8. The normalized spacial score (nSPS) is 11.6. The van der Waals surface area contributed by atoms with Gasteiger partial charge in [0, 0.05) is 12.1 Å². The number of alkyl halides is 3. The van der Waals surface area contributed by atoms with Crippen LogP contribution in [0.15, 0.2) is 12.1 Å². The molecule has 1 aromatic carbocycles. The summed E-state index contributed by atoms with van der Waals surface area (Å²) in [5.74, 6) is -4.24. The van der Waals surface area contributed by atoms with Crippen LogP contribution in [0.4, 0.5) is 32.0 Å². The van der Waals surface area contributed by atoms with E-state index in [2.05, 4.69) is 0 Å². The molecule has 0 aromatic heterocycles. The summed E-state index contributed by atoms with van der Waals surface area (Å²) in [7, 11) is 0. The molecule has 7 heteroatoms. The van der Waals surface area contributed by atoms with Gasteiger partial charge in [0.1, 0.15) is 12.4 Å². The Labute approximate surface area is 80.7 Å². The third kappa shape index (κ3) is 3.34. The first kappa shape index (κ1) is 11.7. The Balaban J connectivity index is 2.86. The van der Waals surface area contributed by atoms with E-state index in [0.29, 0.717) is 6.07 Å². The Morgan fingerprint density at radius 1 is 1.07 bits per heavy atom. The molecule has 1 N–H and O–H groups in total. The molecule has 1 rings (SSSR count). The van der Waals surface area contributed by atoms with E-state index in [4.69, 9.17) is 0 Å². The van der Waals surface area contributed by atoms with Gasteiger partial charge in [-0.3, -0.25) is 0 Å². The van der Waals surface area contributed by atoms with Gasteiger partial charge in [0.2, 0.25) is 0 Å². The SMILES string of the molecule is Fc1cc(F)c(F)c(NCC(F)(F)F)c1. The first-order valence-corrected chi connectivity index (χ1v) is 3.75. The number of hydrogen-bond donors (Lipinski definition) is 1. The lowest BCUT2D eigenvalue weighted by Crippen LogP contribution is -2.22. The van der Waals surface area contributed by atoms with Crippen molar-refractivity contribution in [3.8, 4) is 0 Å². The van der Waals surface area contributed by atoms with Crippen molar-refractivity contribution in [2.24, 2.45) is 0 Å². The molecule has 0 saturated carbocycles. The second-order valence-electron chi connectivity index (χ2n) is 2.72. The van der Waals surface area contributed by atoms with E-state index in [0.717, 1.165) is 0 Å². The highest BCUT2D eigenvalue weighted by molar-refractivity contribution is 5.45. The van der Waals surface area contributed by atoms with Crippen molar-refractivity contribution in [3.05, 3.63) is 29.6 Å². The summed E-state index contributed by atoms with van der Waals surface area (Å²) in [6.07, 6.45) is -4.59. The Kier molecular flexibility index (Phi) is 3.11. The minimum atomic E-state index is -4.59. The van der Waals surface area contributed by atoms with Gasteiger partial charge in [-0.25, -0.2) is 13.2 Å². The molecule has 0 unspecified atom stereocenters. The molecule has 0 spiro atoms. The highest BCUT2D eigenvalue weighted by Crippen LogP contribution is 2.21. The summed E-state index contributed by atoms with van der Waals surface area (Å²) in [5, 5.41) is 1.55. The topological polar surface area (TPSA) is 12.0 Å². The molecule has 0 aliphatic heterocycles. The van der Waals surface area contributed by atoms with Crippen molar-refractivity contribution in [1.82, 2.24) is 0 Å². The first-order valence-electron chi connectivity index (χ1n) is 3.75. The molecule has 15 heavy (non-hydrogen) atoms. The van der Waals surface area contributed by atoms with Crippen molar-refractivity contribution in [2.45, 2.75) is 6.18 Å². The zero-order chi connectivity index (χ0) is 11.6. The van der Waals surface area contributed by atoms with Crippen LogP contribution in [0.2, 0.25) is 0 Å². The fourth-order valence-corrected chi connectivity index (χ4v) is 0.880. The molecule has 0 fully saturated rings. The molecular formula is C8H5F6N. The summed E-state index contributed by atoms with van der Waals surface area (Å²) in [6.45, 7) is -1.56. The quantitative estimate of drug-likeness (QED) is 0.607. The predicted octanol–water partition coefficient (Wildman–Crippen LogP) is 3.08. The fraction of sp³-hybridized carbons (Fsp3) is 0.250. The van der Waals surface area contributed by atoms with Crippen LogP contribution in [-0.4, -0.2) is 12.7 Å². The van der Waals surface area contributed by atoms with E-state index < -0.39 is 35.9 Å². The molecule has 0 heterocycles. The summed E-state index contributed by atoms with van der Waals surface area (Å²) in [5.41, 5.74) is -0.857. The standard InChI is InChI=1S/C8H5F6N/c9-4-1-5(10)7(11)6(2-4)15-3-8(12,13)14/h1-2,15H,3H2. The Hall–Kier alpha value is -1.40. The second-order valence-corrected chi connectivity index (χ2v) is 2.72. The van der Waals surface area contributed by atoms with Gasteiger partial charge in [0.15, 0.2) is 11.6 Å². The maximum Gasteiger partial charge on any atom is 0.405 e. The van der Waals surface area contributed by atoms with Gasteiger partial charge in [-0.05, 0) is 0 Å². The zero-order valence-corrected chi connectivity index (χ0v) is 7.13. The fourth-order valence-electron chi connectivity index (χ4n) is 0.880. The number of benzene rings is 1. The summed E-state index contributed by atoms with van der Waals surface area (Å²) < 4.78 is 72.9. The van der Waals surface area contributed by atoms with Gasteiger partial charge in [0.25, 0.3) is 0 Å². The molecular weight excluding hydrogens is 224 g/mol. The minimum absolute atomic E-state index is 0.244. The largest absolute Gasteiger partial charge is 0.405 e. The molecule has 0 aliphatic carbocycles. The van der Waals surface area contributed by atoms with E-state index in [1.54, 1.807) is 5.32 Å². The van der Waals surface area contributed by atoms with Crippen LogP contribution >= 0.6 is 0 Å². The molecule has 1 aromatic rings. The van der Waals surface area contributed by atoms with Crippen molar-refractivity contribution in [2.75, 3.05) is 11.9 Å². The van der Waals surface area contributed by atoms with Crippen LogP contribution in [0.25, 0.3) is 0 Å². The van der Waals surface area contributed by atoms with Crippen LogP contribution in [0, 0.1) is 17.5 Å². The van der Waals surface area contributed by atoms with Crippen LogP contribution in [0.1, 0.15) is 0 Å². The monoisotopic (exact) mass is 229 g/mol. The Bertz CT molecular complexity index is 359. The van der Waals surface area contributed by atoms with E-state index in [-0.39, 0.29) is 6.07 Å². The molecule has 0 bridgehead atoms. The molecule has 0 aliphatic rings. The smallest absolute Gasteiger partial charge is 0.374 e. The molecule has 0 amide bonds. The summed E-state index contributed by atoms with van der Waals surface area (Å²) in [6, 6.07) is 0.693. The van der Waals surface area contributed by atoms with Crippen LogP contribution in [-0.2, 0) is 0 Å². The number of halogens is 6. The number of rotatable bonds is 2. The van der Waals surface area contributed by atoms with Gasteiger partial charge < -0.3 is 5.32 Å². The third-order valence-electron chi connectivity index (χ3n) is 1.47. The van der Waals surface area contributed by atoms with Crippen LogP contribution in [0.3, 0.4) is 0 Å². The van der Waals surface area contributed by atoms with Gasteiger partial charge >= 0.3 is 6.18 Å². The Morgan fingerprint density at radius 2 is 1.67 bits per heavy atom. The number of nitrogens with one attached hydrogen (secondary N) is 1. The van der Waals surface area contributed by atoms with Crippen molar-refractivity contribution < 1.29 is 26.3 Å². The summed E-state index contributed by atoms with van der Waals surface area (Å²) in [4.78, 5) is 0. The van der Waals surface area contributed by atoms with Crippen molar-refractivity contribution in [1.29, 1.82) is 0 Å². The predicted molar refractivity (Wildman–Crippen MR) is 40.9 cm³/mol. The van der Waals surface area contributed by atoms with E-state index >= 15 is 0 Å². The van der Waals surface area contributed by atoms with Gasteiger partial charge in [-0.2, -0.15) is 13.2 Å². The molecule has 0 atom stereocenters. The van der Waals surface area contributed by atoms with E-state index in [1.165, 1.54) is 0 Å². The third-order valence-corrected chi connectivity index (χ3v) is 1.47. The average Bonchev–Trinajstić information content (AvgIpc) is 2.07. The van der Waals surface area contributed by atoms with Gasteiger partial charge in [0.05, 0.1) is 5.69 Å². The highest BCUT2D eigenvalue weighted by Gasteiger charge is 2.27. The second kappa shape index (κ2) is 4.00. The lowest BCUT2D eigenvalue weighted by molar-refractivity contribution is -0.115. The van der Waals surface area contributed by atoms with E-state index in [1.807, 2.05) is 0 Å². The maximum atomic E-state index is 12.8. The van der Waals surface area contributed by atoms with Crippen molar-refractivity contribution in [3.63, 3.8) is 0 Å². The molecule has 0 saturated heterocycles. The van der Waals surface area contributed by atoms with Crippen LogP contribution < -0.4 is 5.32 Å². The summed E-state index contributed by atoms with van der Waals surface area (Å²) >= 11 is 0. The lowest BCUT2D eigenvalue weighted by atomic mass is 10.3. The number of anilines is 1. The van der Waals surface area contributed by atoms with E-state index in [9.17, 15) is 26.3 Å². The molecule has 84 valence electrons. The number of hydrogen-bond acceptors (Lipinski definition) is 1. The zero-order valence-electron chi connectivity index (χ0n) is 7.13. The lowest BCUT2D eigenvalue weighted by Gasteiger charge is -2.10. The van der Waals surface area contributed by atoms with Gasteiger partial charge in [-0.15, -0.1) is 0 Å². The van der Waals surface area contributed by atoms with Crippen LogP contribution in [0.5, 0.6) is 0 Å². The average molecular weight is 229 g/mol. The first-order chi connectivity index (χ1) is 6.79. The molecule has 1 nitrogen and oxygen atoms in total. The van der Waals surface area contributed by atoms with Gasteiger partial charge in [-0.1, -0.05) is 0 Å².